The van der Waals surface area contributed by atoms with E-state index in [0.29, 0.717) is 24.5 Å². The van der Waals surface area contributed by atoms with Crippen LogP contribution >= 0.6 is 11.3 Å². The molecule has 1 aromatic carbocycles. The quantitative estimate of drug-likeness (QED) is 0.829. The average molecular weight is 292 g/mol. The molecule has 1 heterocycles. The lowest BCUT2D eigenvalue weighted by molar-refractivity contribution is 0.0698. The third-order valence-electron chi connectivity index (χ3n) is 2.74. The highest BCUT2D eigenvalue weighted by Gasteiger charge is 2.15. The van der Waals surface area contributed by atoms with E-state index < -0.39 is 5.97 Å². The molecular formula is C15H16O4S. The highest BCUT2D eigenvalue weighted by Crippen LogP contribution is 2.34. The van der Waals surface area contributed by atoms with Crippen LogP contribution in [0.2, 0.25) is 0 Å². The monoisotopic (exact) mass is 292 g/mol. The zero-order valence-corrected chi connectivity index (χ0v) is 12.2. The minimum absolute atomic E-state index is 0.335. The number of thiophene rings is 1. The van der Waals surface area contributed by atoms with Crippen LogP contribution in [0.25, 0.3) is 10.4 Å². The predicted molar refractivity (Wildman–Crippen MR) is 78.8 cm³/mol. The van der Waals surface area contributed by atoms with Crippen LogP contribution in [0.3, 0.4) is 0 Å². The largest absolute Gasteiger partial charge is 0.491 e. The Hall–Kier alpha value is -1.85. The molecule has 0 radical (unpaired) electrons. The molecular weight excluding hydrogens is 276 g/mol. The number of carboxylic acid groups (broad SMARTS) is 1. The molecule has 2 aromatic rings. The van der Waals surface area contributed by atoms with Crippen LogP contribution in [-0.4, -0.2) is 31.4 Å². The van der Waals surface area contributed by atoms with Gasteiger partial charge in [-0.1, -0.05) is 12.1 Å². The summed E-state index contributed by atoms with van der Waals surface area (Å²) in [5.41, 5.74) is 1.19. The van der Waals surface area contributed by atoms with Crippen molar-refractivity contribution in [1.82, 2.24) is 0 Å². The van der Waals surface area contributed by atoms with Gasteiger partial charge in [0.05, 0.1) is 12.2 Å². The summed E-state index contributed by atoms with van der Waals surface area (Å²) in [6.07, 6.45) is 0. The molecule has 1 aromatic heterocycles. The SMILES string of the molecule is COCCOc1cccc(-c2sc(C)cc2C(=O)O)c1. The first-order valence-electron chi connectivity index (χ1n) is 6.17. The normalized spacial score (nSPS) is 10.5. The first-order valence-corrected chi connectivity index (χ1v) is 6.99. The van der Waals surface area contributed by atoms with Gasteiger partial charge in [0.25, 0.3) is 0 Å². The van der Waals surface area contributed by atoms with Gasteiger partial charge in [-0.3, -0.25) is 0 Å². The van der Waals surface area contributed by atoms with E-state index in [1.807, 2.05) is 31.2 Å². The Morgan fingerprint density at radius 3 is 2.80 bits per heavy atom. The van der Waals surface area contributed by atoms with Gasteiger partial charge < -0.3 is 14.6 Å². The molecule has 0 atom stereocenters. The number of carbonyl (C=O) groups is 1. The minimum atomic E-state index is -0.907. The van der Waals surface area contributed by atoms with Crippen LogP contribution in [-0.2, 0) is 4.74 Å². The fraction of sp³-hybridized carbons (Fsp3) is 0.267. The lowest BCUT2D eigenvalue weighted by Crippen LogP contribution is -2.04. The van der Waals surface area contributed by atoms with Crippen molar-refractivity contribution in [2.24, 2.45) is 0 Å². The molecule has 0 bridgehead atoms. The fourth-order valence-electron chi connectivity index (χ4n) is 1.86. The molecule has 4 nitrogen and oxygen atoms in total. The van der Waals surface area contributed by atoms with Crippen LogP contribution in [0.1, 0.15) is 15.2 Å². The standard InChI is InChI=1S/C15H16O4S/c1-10-8-13(15(16)17)14(20-10)11-4-3-5-12(9-11)19-7-6-18-2/h3-5,8-9H,6-7H2,1-2H3,(H,16,17). The first kappa shape index (κ1) is 14.6. The van der Waals surface area contributed by atoms with Gasteiger partial charge in [-0.15, -0.1) is 11.3 Å². The number of hydrogen-bond acceptors (Lipinski definition) is 4. The second-order valence-electron chi connectivity index (χ2n) is 4.27. The zero-order chi connectivity index (χ0) is 14.5. The van der Waals surface area contributed by atoms with Crippen molar-refractivity contribution < 1.29 is 19.4 Å². The second-order valence-corrected chi connectivity index (χ2v) is 5.53. The lowest BCUT2D eigenvalue weighted by Gasteiger charge is -2.07. The van der Waals surface area contributed by atoms with Crippen LogP contribution in [0.5, 0.6) is 5.75 Å². The topological polar surface area (TPSA) is 55.8 Å². The molecule has 0 aliphatic rings. The summed E-state index contributed by atoms with van der Waals surface area (Å²) >= 11 is 1.47. The number of benzene rings is 1. The molecule has 0 amide bonds. The Bertz CT molecular complexity index is 604. The predicted octanol–water partition coefficient (Wildman–Crippen LogP) is 3.45. The number of aromatic carboxylic acids is 1. The van der Waals surface area contributed by atoms with E-state index in [9.17, 15) is 9.90 Å². The van der Waals surface area contributed by atoms with E-state index in [1.165, 1.54) is 11.3 Å². The smallest absolute Gasteiger partial charge is 0.337 e. The maximum Gasteiger partial charge on any atom is 0.337 e. The summed E-state index contributed by atoms with van der Waals surface area (Å²) in [6, 6.07) is 9.15. The molecule has 0 aliphatic heterocycles. The Labute approximate surface area is 121 Å². The molecule has 0 spiro atoms. The number of ether oxygens (including phenoxy) is 2. The lowest BCUT2D eigenvalue weighted by atomic mass is 10.1. The van der Waals surface area contributed by atoms with Crippen molar-refractivity contribution in [3.63, 3.8) is 0 Å². The van der Waals surface area contributed by atoms with Gasteiger partial charge in [-0.05, 0) is 30.7 Å². The number of rotatable bonds is 6. The molecule has 0 aliphatic carbocycles. The fourth-order valence-corrected chi connectivity index (χ4v) is 2.86. The van der Waals surface area contributed by atoms with Crippen molar-refractivity contribution in [3.8, 4) is 16.2 Å². The average Bonchev–Trinajstić information content (AvgIpc) is 2.82. The van der Waals surface area contributed by atoms with Crippen molar-refractivity contribution >= 4 is 17.3 Å². The van der Waals surface area contributed by atoms with Crippen LogP contribution in [0, 0.1) is 6.92 Å². The van der Waals surface area contributed by atoms with Gasteiger partial charge in [0.2, 0.25) is 0 Å². The Morgan fingerprint density at radius 2 is 2.10 bits per heavy atom. The molecule has 0 saturated carbocycles. The molecule has 0 saturated heterocycles. The molecule has 106 valence electrons. The first-order chi connectivity index (χ1) is 9.61. The van der Waals surface area contributed by atoms with Gasteiger partial charge in [-0.25, -0.2) is 4.79 Å². The van der Waals surface area contributed by atoms with Gasteiger partial charge in [0, 0.05) is 16.9 Å². The molecule has 2 rings (SSSR count). The van der Waals surface area contributed by atoms with Gasteiger partial charge in [0.15, 0.2) is 0 Å². The van der Waals surface area contributed by atoms with E-state index in [0.717, 1.165) is 15.3 Å². The number of aryl methyl sites for hydroxylation is 1. The molecule has 0 unspecified atom stereocenters. The summed E-state index contributed by atoms with van der Waals surface area (Å²) in [6.45, 7) is 2.89. The summed E-state index contributed by atoms with van der Waals surface area (Å²) in [7, 11) is 1.62. The summed E-state index contributed by atoms with van der Waals surface area (Å²) in [5, 5.41) is 9.24. The summed E-state index contributed by atoms with van der Waals surface area (Å²) < 4.78 is 10.5. The maximum absolute atomic E-state index is 11.3. The van der Waals surface area contributed by atoms with E-state index in [1.54, 1.807) is 13.2 Å². The third-order valence-corrected chi connectivity index (χ3v) is 3.84. The minimum Gasteiger partial charge on any atom is -0.491 e. The van der Waals surface area contributed by atoms with Gasteiger partial charge in [0.1, 0.15) is 12.4 Å². The van der Waals surface area contributed by atoms with Crippen molar-refractivity contribution in [2.45, 2.75) is 6.92 Å². The van der Waals surface area contributed by atoms with Crippen LogP contribution in [0.4, 0.5) is 0 Å². The Balaban J connectivity index is 2.29. The Morgan fingerprint density at radius 1 is 1.30 bits per heavy atom. The molecule has 5 heteroatoms. The van der Waals surface area contributed by atoms with E-state index in [4.69, 9.17) is 9.47 Å². The van der Waals surface area contributed by atoms with Crippen LogP contribution in [0.15, 0.2) is 30.3 Å². The van der Waals surface area contributed by atoms with Gasteiger partial charge in [-0.2, -0.15) is 0 Å². The number of methoxy groups -OCH3 is 1. The molecule has 0 fully saturated rings. The van der Waals surface area contributed by atoms with Crippen molar-refractivity contribution in [1.29, 1.82) is 0 Å². The summed E-state index contributed by atoms with van der Waals surface area (Å²) in [5.74, 6) is -0.197. The number of hydrogen-bond donors (Lipinski definition) is 1. The van der Waals surface area contributed by atoms with Gasteiger partial charge >= 0.3 is 5.97 Å². The summed E-state index contributed by atoms with van der Waals surface area (Å²) in [4.78, 5) is 13.0. The third kappa shape index (κ3) is 3.37. The van der Waals surface area contributed by atoms with E-state index >= 15 is 0 Å². The van der Waals surface area contributed by atoms with Crippen molar-refractivity contribution in [3.05, 3.63) is 40.8 Å². The van der Waals surface area contributed by atoms with Crippen molar-refractivity contribution in [2.75, 3.05) is 20.3 Å². The Kier molecular flexibility index (Phi) is 4.76. The molecule has 1 N–H and O–H groups in total. The van der Waals surface area contributed by atoms with Crippen LogP contribution < -0.4 is 4.74 Å². The molecule has 20 heavy (non-hydrogen) atoms. The maximum atomic E-state index is 11.3. The number of carboxylic acids is 1. The van der Waals surface area contributed by atoms with E-state index in [-0.39, 0.29) is 0 Å². The highest BCUT2D eigenvalue weighted by atomic mass is 32.1. The second kappa shape index (κ2) is 6.54. The van der Waals surface area contributed by atoms with E-state index in [2.05, 4.69) is 0 Å². The highest BCUT2D eigenvalue weighted by molar-refractivity contribution is 7.15. The zero-order valence-electron chi connectivity index (χ0n) is 11.4.